The highest BCUT2D eigenvalue weighted by Crippen LogP contribution is 2.27. The second-order valence-electron chi connectivity index (χ2n) is 7.07. The molecule has 0 amide bonds. The van der Waals surface area contributed by atoms with Crippen LogP contribution in [0.4, 0.5) is 0 Å². The minimum Gasteiger partial charge on any atom is -0.300 e. The van der Waals surface area contributed by atoms with Gasteiger partial charge >= 0.3 is 0 Å². The number of rotatable bonds is 9. The monoisotopic (exact) mass is 323 g/mol. The standard InChI is InChI=1S/C23H33N/c1-4-6-11-20(3)18-22-14-16-24(17-15-22)23(10-5-2)19-21-12-8-7-9-13-21/h4,6-9,11-13,22-23H,1,3,5,10,14-19H2,2H3/b11-6-. The normalized spacial score (nSPS) is 17.9. The number of hydrogen-bond donors (Lipinski definition) is 0. The van der Waals surface area contributed by atoms with Crippen LogP contribution in [0.2, 0.25) is 0 Å². The molecule has 1 aliphatic heterocycles. The molecular formula is C23H33N. The first kappa shape index (κ1) is 18.7. The Balaban J connectivity index is 1.85. The Hall–Kier alpha value is -1.60. The molecule has 1 fully saturated rings. The number of benzene rings is 1. The lowest BCUT2D eigenvalue weighted by Crippen LogP contribution is -2.42. The molecule has 1 heterocycles. The average molecular weight is 324 g/mol. The summed E-state index contributed by atoms with van der Waals surface area (Å²) in [6.45, 7) is 12.7. The number of piperidine rings is 1. The fraction of sp³-hybridized carbons (Fsp3) is 0.478. The van der Waals surface area contributed by atoms with E-state index < -0.39 is 0 Å². The maximum atomic E-state index is 4.18. The number of likely N-dealkylation sites (tertiary alicyclic amines) is 1. The second kappa shape index (κ2) is 10.3. The van der Waals surface area contributed by atoms with Crippen molar-refractivity contribution >= 4 is 0 Å². The highest BCUT2D eigenvalue weighted by molar-refractivity contribution is 5.19. The molecule has 0 radical (unpaired) electrons. The Morgan fingerprint density at radius 1 is 1.25 bits per heavy atom. The van der Waals surface area contributed by atoms with Crippen LogP contribution in [0.1, 0.15) is 44.6 Å². The predicted octanol–water partition coefficient (Wildman–Crippen LogP) is 5.80. The molecule has 2 rings (SSSR count). The SMILES string of the molecule is C=C/C=C\C(=C)CC1CCN(C(CCC)Cc2ccccc2)CC1. The van der Waals surface area contributed by atoms with Gasteiger partial charge in [-0.1, -0.05) is 80.6 Å². The Morgan fingerprint density at radius 3 is 2.58 bits per heavy atom. The van der Waals surface area contributed by atoms with E-state index in [1.807, 2.05) is 12.2 Å². The van der Waals surface area contributed by atoms with Gasteiger partial charge in [-0.2, -0.15) is 0 Å². The van der Waals surface area contributed by atoms with Gasteiger partial charge in [-0.15, -0.1) is 0 Å². The van der Waals surface area contributed by atoms with Gasteiger partial charge in [-0.3, -0.25) is 0 Å². The van der Waals surface area contributed by atoms with Crippen LogP contribution in [0, 0.1) is 5.92 Å². The van der Waals surface area contributed by atoms with Crippen molar-refractivity contribution in [1.29, 1.82) is 0 Å². The summed E-state index contributed by atoms with van der Waals surface area (Å²) in [7, 11) is 0. The third kappa shape index (κ3) is 6.13. The van der Waals surface area contributed by atoms with Gasteiger partial charge in [-0.05, 0) is 56.7 Å². The molecular weight excluding hydrogens is 290 g/mol. The zero-order chi connectivity index (χ0) is 17.2. The van der Waals surface area contributed by atoms with Crippen LogP contribution in [-0.2, 0) is 6.42 Å². The van der Waals surface area contributed by atoms with Gasteiger partial charge < -0.3 is 4.90 Å². The lowest BCUT2D eigenvalue weighted by Gasteiger charge is -2.38. The first-order valence-corrected chi connectivity index (χ1v) is 9.47. The molecule has 1 heteroatoms. The second-order valence-corrected chi connectivity index (χ2v) is 7.07. The summed E-state index contributed by atoms with van der Waals surface area (Å²) in [6.07, 6.45) is 13.4. The van der Waals surface area contributed by atoms with Crippen molar-refractivity contribution in [3.8, 4) is 0 Å². The van der Waals surface area contributed by atoms with Crippen molar-refractivity contribution < 1.29 is 0 Å². The van der Waals surface area contributed by atoms with E-state index in [4.69, 9.17) is 0 Å². The van der Waals surface area contributed by atoms with E-state index in [1.165, 1.54) is 56.3 Å². The molecule has 1 unspecified atom stereocenters. The van der Waals surface area contributed by atoms with Crippen LogP contribution in [0.5, 0.6) is 0 Å². The number of hydrogen-bond acceptors (Lipinski definition) is 1. The van der Waals surface area contributed by atoms with Crippen LogP contribution < -0.4 is 0 Å². The molecule has 1 aromatic carbocycles. The third-order valence-electron chi connectivity index (χ3n) is 5.12. The molecule has 1 nitrogen and oxygen atoms in total. The quantitative estimate of drug-likeness (QED) is 0.519. The highest BCUT2D eigenvalue weighted by atomic mass is 15.2. The average Bonchev–Trinajstić information content (AvgIpc) is 2.61. The molecule has 1 saturated heterocycles. The maximum absolute atomic E-state index is 4.18. The first-order chi connectivity index (χ1) is 11.7. The van der Waals surface area contributed by atoms with Gasteiger partial charge in [0.15, 0.2) is 0 Å². The summed E-state index contributed by atoms with van der Waals surface area (Å²) in [5.41, 5.74) is 2.71. The largest absolute Gasteiger partial charge is 0.300 e. The summed E-state index contributed by atoms with van der Waals surface area (Å²) in [5.74, 6) is 0.794. The first-order valence-electron chi connectivity index (χ1n) is 9.47. The predicted molar refractivity (Wildman–Crippen MR) is 106 cm³/mol. The van der Waals surface area contributed by atoms with Gasteiger partial charge in [0.25, 0.3) is 0 Å². The van der Waals surface area contributed by atoms with Crippen LogP contribution >= 0.6 is 0 Å². The Labute approximate surface area is 148 Å². The minimum absolute atomic E-state index is 0.696. The molecule has 0 saturated carbocycles. The van der Waals surface area contributed by atoms with Gasteiger partial charge in [0.1, 0.15) is 0 Å². The van der Waals surface area contributed by atoms with E-state index in [0.29, 0.717) is 6.04 Å². The molecule has 0 N–H and O–H groups in total. The Morgan fingerprint density at radius 2 is 1.96 bits per heavy atom. The molecule has 1 aliphatic rings. The van der Waals surface area contributed by atoms with Crippen molar-refractivity contribution in [2.45, 2.75) is 51.5 Å². The van der Waals surface area contributed by atoms with Gasteiger partial charge in [0, 0.05) is 6.04 Å². The minimum atomic E-state index is 0.696. The van der Waals surface area contributed by atoms with E-state index in [-0.39, 0.29) is 0 Å². The van der Waals surface area contributed by atoms with Crippen molar-refractivity contribution in [3.05, 3.63) is 72.9 Å². The summed E-state index contributed by atoms with van der Waals surface area (Å²) >= 11 is 0. The van der Waals surface area contributed by atoms with E-state index in [9.17, 15) is 0 Å². The van der Waals surface area contributed by atoms with Crippen LogP contribution in [-0.4, -0.2) is 24.0 Å². The summed E-state index contributed by atoms with van der Waals surface area (Å²) in [5, 5.41) is 0. The molecule has 1 atom stereocenters. The fourth-order valence-corrected chi connectivity index (χ4v) is 3.80. The van der Waals surface area contributed by atoms with Crippen molar-refractivity contribution in [2.24, 2.45) is 5.92 Å². The molecule has 0 aliphatic carbocycles. The molecule has 130 valence electrons. The lowest BCUT2D eigenvalue weighted by molar-refractivity contribution is 0.125. The molecule has 24 heavy (non-hydrogen) atoms. The summed E-state index contributed by atoms with van der Waals surface area (Å²) < 4.78 is 0. The molecule has 1 aromatic rings. The van der Waals surface area contributed by atoms with Crippen LogP contribution in [0.3, 0.4) is 0 Å². The van der Waals surface area contributed by atoms with Crippen molar-refractivity contribution in [2.75, 3.05) is 13.1 Å². The summed E-state index contributed by atoms with van der Waals surface area (Å²) in [6, 6.07) is 11.7. The third-order valence-corrected chi connectivity index (χ3v) is 5.12. The highest BCUT2D eigenvalue weighted by Gasteiger charge is 2.24. The smallest absolute Gasteiger partial charge is 0.0136 e. The van der Waals surface area contributed by atoms with Gasteiger partial charge in [0.05, 0.1) is 0 Å². The van der Waals surface area contributed by atoms with E-state index in [1.54, 1.807) is 0 Å². The maximum Gasteiger partial charge on any atom is 0.0136 e. The Kier molecular flexibility index (Phi) is 8.04. The topological polar surface area (TPSA) is 3.24 Å². The van der Waals surface area contributed by atoms with E-state index in [0.717, 1.165) is 12.3 Å². The molecule has 0 aromatic heterocycles. The molecule has 0 bridgehead atoms. The lowest BCUT2D eigenvalue weighted by atomic mass is 9.88. The fourth-order valence-electron chi connectivity index (χ4n) is 3.80. The number of allylic oxidation sites excluding steroid dienone is 4. The zero-order valence-corrected chi connectivity index (χ0v) is 15.3. The molecule has 0 spiro atoms. The Bertz CT molecular complexity index is 520. The number of nitrogens with zero attached hydrogens (tertiary/aromatic N) is 1. The van der Waals surface area contributed by atoms with Gasteiger partial charge in [0.2, 0.25) is 0 Å². The van der Waals surface area contributed by atoms with Crippen LogP contribution in [0.15, 0.2) is 67.3 Å². The zero-order valence-electron chi connectivity index (χ0n) is 15.3. The van der Waals surface area contributed by atoms with E-state index in [2.05, 4.69) is 61.4 Å². The van der Waals surface area contributed by atoms with Crippen molar-refractivity contribution in [1.82, 2.24) is 4.90 Å². The van der Waals surface area contributed by atoms with Crippen LogP contribution in [0.25, 0.3) is 0 Å². The van der Waals surface area contributed by atoms with E-state index >= 15 is 0 Å². The van der Waals surface area contributed by atoms with Gasteiger partial charge in [-0.25, -0.2) is 0 Å². The summed E-state index contributed by atoms with van der Waals surface area (Å²) in [4.78, 5) is 2.73. The van der Waals surface area contributed by atoms with Crippen molar-refractivity contribution in [3.63, 3.8) is 0 Å².